The van der Waals surface area contributed by atoms with Crippen LogP contribution in [0.3, 0.4) is 0 Å². The third-order valence-corrected chi connectivity index (χ3v) is 4.45. The third-order valence-electron chi connectivity index (χ3n) is 3.77. The van der Waals surface area contributed by atoms with Crippen molar-refractivity contribution in [1.29, 1.82) is 0 Å². The minimum Gasteiger partial charge on any atom is -0.385 e. The highest BCUT2D eigenvalue weighted by Gasteiger charge is 2.34. The second-order valence-electron chi connectivity index (χ2n) is 4.87. The van der Waals surface area contributed by atoms with Crippen LogP contribution in [-0.2, 0) is 5.60 Å². The fourth-order valence-corrected chi connectivity index (χ4v) is 3.34. The molecule has 1 aliphatic heterocycles. The number of aliphatic hydroxyl groups is 1. The smallest absolute Gasteiger partial charge is 0.0938 e. The Morgan fingerprint density at radius 1 is 1.06 bits per heavy atom. The van der Waals surface area contributed by atoms with E-state index in [1.54, 1.807) is 11.3 Å². The molecule has 0 aliphatic carbocycles. The maximum Gasteiger partial charge on any atom is 0.0938 e. The molecule has 0 bridgehead atoms. The van der Waals surface area contributed by atoms with E-state index in [1.807, 2.05) is 17.5 Å². The summed E-state index contributed by atoms with van der Waals surface area (Å²) >= 11 is 1.66. The summed E-state index contributed by atoms with van der Waals surface area (Å²) in [6.07, 6.45) is 1.61. The molecule has 1 N–H and O–H groups in total. The van der Waals surface area contributed by atoms with E-state index in [4.69, 9.17) is 0 Å². The van der Waals surface area contributed by atoms with Crippen molar-refractivity contribution in [3.8, 4) is 0 Å². The lowest BCUT2D eigenvalue weighted by Crippen LogP contribution is -2.42. The first-order chi connectivity index (χ1) is 8.78. The molecule has 1 aliphatic rings. The van der Waals surface area contributed by atoms with Gasteiger partial charge in [0.15, 0.2) is 0 Å². The molecule has 0 unspecified atom stereocenters. The molecule has 1 aromatic heterocycles. The van der Waals surface area contributed by atoms with Gasteiger partial charge < -0.3 is 10.0 Å². The van der Waals surface area contributed by atoms with Crippen LogP contribution in [0.15, 0.2) is 47.2 Å². The maximum absolute atomic E-state index is 10.7. The first-order valence-corrected chi connectivity index (χ1v) is 7.27. The van der Waals surface area contributed by atoms with Gasteiger partial charge in [0.05, 0.1) is 5.60 Å². The van der Waals surface area contributed by atoms with Gasteiger partial charge in [0, 0.05) is 18.8 Å². The van der Waals surface area contributed by atoms with Crippen LogP contribution < -0.4 is 4.90 Å². The molecule has 2 aromatic rings. The minimum atomic E-state index is -0.620. The summed E-state index contributed by atoms with van der Waals surface area (Å²) in [4.78, 5) is 2.35. The SMILES string of the molecule is OC1(c2ccsc2)CCN(c2ccccc2)CC1. The zero-order chi connectivity index (χ0) is 12.4. The van der Waals surface area contributed by atoms with E-state index >= 15 is 0 Å². The molecule has 1 saturated heterocycles. The Bertz CT molecular complexity index is 486. The van der Waals surface area contributed by atoms with E-state index in [2.05, 4.69) is 34.5 Å². The number of nitrogens with zero attached hydrogens (tertiary/aromatic N) is 1. The standard InChI is InChI=1S/C15H17NOS/c17-15(13-6-11-18-12-13)7-9-16(10-8-15)14-4-2-1-3-5-14/h1-6,11-12,17H,7-10H2. The molecule has 1 fully saturated rings. The highest BCUT2D eigenvalue weighted by Crippen LogP contribution is 2.35. The molecule has 1 aromatic carbocycles. The van der Waals surface area contributed by atoms with Crippen LogP contribution in [0.1, 0.15) is 18.4 Å². The minimum absolute atomic E-state index is 0.620. The number of hydrogen-bond acceptors (Lipinski definition) is 3. The van der Waals surface area contributed by atoms with Gasteiger partial charge in [0.25, 0.3) is 0 Å². The van der Waals surface area contributed by atoms with Gasteiger partial charge in [-0.05, 0) is 47.4 Å². The Labute approximate surface area is 112 Å². The average molecular weight is 259 g/mol. The predicted octanol–water partition coefficient (Wildman–Crippen LogP) is 3.24. The number of para-hydroxylation sites is 1. The van der Waals surface area contributed by atoms with Crippen molar-refractivity contribution in [2.24, 2.45) is 0 Å². The van der Waals surface area contributed by atoms with Gasteiger partial charge in [-0.1, -0.05) is 18.2 Å². The second kappa shape index (κ2) is 4.75. The fourth-order valence-electron chi connectivity index (χ4n) is 2.59. The van der Waals surface area contributed by atoms with Crippen molar-refractivity contribution in [1.82, 2.24) is 0 Å². The van der Waals surface area contributed by atoms with Crippen molar-refractivity contribution in [3.63, 3.8) is 0 Å². The normalized spacial score (nSPS) is 18.8. The highest BCUT2D eigenvalue weighted by molar-refractivity contribution is 7.08. The summed E-state index contributed by atoms with van der Waals surface area (Å²) in [5, 5.41) is 14.8. The molecular formula is C15H17NOS. The van der Waals surface area contributed by atoms with Crippen LogP contribution in [0.5, 0.6) is 0 Å². The second-order valence-corrected chi connectivity index (χ2v) is 5.65. The van der Waals surface area contributed by atoms with Gasteiger partial charge in [0.2, 0.25) is 0 Å². The van der Waals surface area contributed by atoms with Crippen LogP contribution in [0, 0.1) is 0 Å². The van der Waals surface area contributed by atoms with Gasteiger partial charge in [-0.2, -0.15) is 11.3 Å². The largest absolute Gasteiger partial charge is 0.385 e. The highest BCUT2D eigenvalue weighted by atomic mass is 32.1. The summed E-state index contributed by atoms with van der Waals surface area (Å²) in [6, 6.07) is 12.5. The first-order valence-electron chi connectivity index (χ1n) is 6.33. The topological polar surface area (TPSA) is 23.5 Å². The molecule has 2 heterocycles. The molecule has 0 atom stereocenters. The molecule has 0 radical (unpaired) electrons. The molecule has 3 rings (SSSR count). The van der Waals surface area contributed by atoms with Crippen molar-refractivity contribution in [2.75, 3.05) is 18.0 Å². The molecule has 18 heavy (non-hydrogen) atoms. The molecule has 0 spiro atoms. The van der Waals surface area contributed by atoms with Crippen LogP contribution >= 0.6 is 11.3 Å². The first kappa shape index (κ1) is 11.8. The Morgan fingerprint density at radius 3 is 2.39 bits per heavy atom. The summed E-state index contributed by atoms with van der Waals surface area (Å²) in [7, 11) is 0. The van der Waals surface area contributed by atoms with Crippen molar-refractivity contribution in [2.45, 2.75) is 18.4 Å². The quantitative estimate of drug-likeness (QED) is 0.895. The van der Waals surface area contributed by atoms with Crippen LogP contribution in [-0.4, -0.2) is 18.2 Å². The Hall–Kier alpha value is -1.32. The molecule has 2 nitrogen and oxygen atoms in total. The fraction of sp³-hybridized carbons (Fsp3) is 0.333. The number of hydrogen-bond donors (Lipinski definition) is 1. The average Bonchev–Trinajstić information content (AvgIpc) is 2.95. The monoisotopic (exact) mass is 259 g/mol. The van der Waals surface area contributed by atoms with E-state index in [0.29, 0.717) is 0 Å². The molecule has 94 valence electrons. The zero-order valence-electron chi connectivity index (χ0n) is 10.2. The zero-order valence-corrected chi connectivity index (χ0v) is 11.1. The van der Waals surface area contributed by atoms with Crippen LogP contribution in [0.2, 0.25) is 0 Å². The molecule has 3 heteroatoms. The van der Waals surface area contributed by atoms with Crippen molar-refractivity contribution < 1.29 is 5.11 Å². The maximum atomic E-state index is 10.7. The van der Waals surface area contributed by atoms with Gasteiger partial charge in [-0.15, -0.1) is 0 Å². The lowest BCUT2D eigenvalue weighted by atomic mass is 9.86. The molecular weight excluding hydrogens is 242 g/mol. The van der Waals surface area contributed by atoms with E-state index in [9.17, 15) is 5.11 Å². The third kappa shape index (κ3) is 2.16. The number of rotatable bonds is 2. The number of thiophene rings is 1. The predicted molar refractivity (Wildman–Crippen MR) is 76.1 cm³/mol. The summed E-state index contributed by atoms with van der Waals surface area (Å²) in [5.74, 6) is 0. The molecule has 0 amide bonds. The van der Waals surface area contributed by atoms with Gasteiger partial charge >= 0.3 is 0 Å². The Kier molecular flexibility index (Phi) is 3.10. The van der Waals surface area contributed by atoms with Crippen LogP contribution in [0.25, 0.3) is 0 Å². The summed E-state index contributed by atoms with van der Waals surface area (Å²) in [5.41, 5.74) is 1.72. The van der Waals surface area contributed by atoms with Crippen molar-refractivity contribution >= 4 is 17.0 Å². The van der Waals surface area contributed by atoms with Crippen molar-refractivity contribution in [3.05, 3.63) is 52.7 Å². The lowest BCUT2D eigenvalue weighted by molar-refractivity contribution is 0.0122. The number of benzene rings is 1. The Balaban J connectivity index is 1.72. The van der Waals surface area contributed by atoms with E-state index in [1.165, 1.54) is 5.69 Å². The Morgan fingerprint density at radius 2 is 1.78 bits per heavy atom. The number of anilines is 1. The molecule has 0 saturated carbocycles. The van der Waals surface area contributed by atoms with E-state index in [0.717, 1.165) is 31.5 Å². The summed E-state index contributed by atoms with van der Waals surface area (Å²) < 4.78 is 0. The van der Waals surface area contributed by atoms with Crippen LogP contribution in [0.4, 0.5) is 5.69 Å². The van der Waals surface area contributed by atoms with E-state index in [-0.39, 0.29) is 0 Å². The van der Waals surface area contributed by atoms with Gasteiger partial charge in [-0.3, -0.25) is 0 Å². The summed E-state index contributed by atoms with van der Waals surface area (Å²) in [6.45, 7) is 1.83. The van der Waals surface area contributed by atoms with E-state index < -0.39 is 5.60 Å². The number of piperidine rings is 1. The van der Waals surface area contributed by atoms with Gasteiger partial charge in [0.1, 0.15) is 0 Å². The van der Waals surface area contributed by atoms with Gasteiger partial charge in [-0.25, -0.2) is 0 Å². The lowest BCUT2D eigenvalue weighted by Gasteiger charge is -2.39.